The van der Waals surface area contributed by atoms with Crippen LogP contribution in [0.1, 0.15) is 29.8 Å². The van der Waals surface area contributed by atoms with Crippen molar-refractivity contribution < 1.29 is 9.84 Å². The van der Waals surface area contributed by atoms with Gasteiger partial charge >= 0.3 is 0 Å². The fourth-order valence-electron chi connectivity index (χ4n) is 2.22. The first kappa shape index (κ1) is 12.6. The van der Waals surface area contributed by atoms with Gasteiger partial charge in [0.1, 0.15) is 11.4 Å². The zero-order valence-corrected chi connectivity index (χ0v) is 12.1. The van der Waals surface area contributed by atoms with Crippen LogP contribution in [0.4, 0.5) is 0 Å². The number of rotatable bonds is 3. The molecule has 0 spiro atoms. The Morgan fingerprint density at radius 3 is 3.11 bits per heavy atom. The van der Waals surface area contributed by atoms with E-state index in [1.165, 1.54) is 5.56 Å². The number of aliphatic hydroxyl groups excluding tert-OH is 1. The Hall–Kier alpha value is -1.40. The van der Waals surface area contributed by atoms with Crippen LogP contribution in [0.5, 0.6) is 5.75 Å². The topological polar surface area (TPSA) is 60.2 Å². The summed E-state index contributed by atoms with van der Waals surface area (Å²) in [6, 6.07) is 4.13. The SMILES string of the molecule is CC(O)c1cn(Cc2cc(Br)cc3c2OCC3)nn1. The van der Waals surface area contributed by atoms with E-state index >= 15 is 0 Å². The molecule has 0 aliphatic carbocycles. The lowest BCUT2D eigenvalue weighted by atomic mass is 10.1. The smallest absolute Gasteiger partial charge is 0.127 e. The van der Waals surface area contributed by atoms with E-state index in [1.54, 1.807) is 17.8 Å². The lowest BCUT2D eigenvalue weighted by Crippen LogP contribution is -2.02. The molecule has 0 fully saturated rings. The summed E-state index contributed by atoms with van der Waals surface area (Å²) < 4.78 is 8.44. The van der Waals surface area contributed by atoms with Crippen molar-refractivity contribution in [2.24, 2.45) is 0 Å². The third-order valence-corrected chi connectivity index (χ3v) is 3.60. The molecule has 1 atom stereocenters. The summed E-state index contributed by atoms with van der Waals surface area (Å²) in [7, 11) is 0. The van der Waals surface area contributed by atoms with E-state index in [0.717, 1.165) is 28.8 Å². The quantitative estimate of drug-likeness (QED) is 0.939. The normalized spacial score (nSPS) is 15.1. The summed E-state index contributed by atoms with van der Waals surface area (Å²) in [5.74, 6) is 0.956. The highest BCUT2D eigenvalue weighted by Gasteiger charge is 2.18. The molecule has 0 saturated heterocycles. The van der Waals surface area contributed by atoms with Crippen molar-refractivity contribution in [1.82, 2.24) is 15.0 Å². The average Bonchev–Trinajstić information content (AvgIpc) is 2.96. The van der Waals surface area contributed by atoms with Crippen LogP contribution in [-0.2, 0) is 13.0 Å². The fourth-order valence-corrected chi connectivity index (χ4v) is 2.77. The van der Waals surface area contributed by atoms with Crippen LogP contribution < -0.4 is 4.74 Å². The van der Waals surface area contributed by atoms with Gasteiger partial charge < -0.3 is 9.84 Å². The highest BCUT2D eigenvalue weighted by molar-refractivity contribution is 9.10. The Balaban J connectivity index is 1.90. The molecular weight excluding hydrogens is 310 g/mol. The first-order valence-corrected chi connectivity index (χ1v) is 6.95. The third-order valence-electron chi connectivity index (χ3n) is 3.14. The van der Waals surface area contributed by atoms with Gasteiger partial charge in [0.05, 0.1) is 25.5 Å². The Morgan fingerprint density at radius 1 is 1.53 bits per heavy atom. The molecule has 1 aliphatic heterocycles. The molecule has 2 heterocycles. The minimum Gasteiger partial charge on any atom is -0.493 e. The lowest BCUT2D eigenvalue weighted by molar-refractivity contribution is 0.194. The predicted octanol–water partition coefficient (Wildman–Crippen LogP) is 2.08. The van der Waals surface area contributed by atoms with Crippen molar-refractivity contribution in [2.75, 3.05) is 6.61 Å². The van der Waals surface area contributed by atoms with Gasteiger partial charge in [-0.25, -0.2) is 4.68 Å². The molecule has 19 heavy (non-hydrogen) atoms. The van der Waals surface area contributed by atoms with E-state index in [9.17, 15) is 5.11 Å². The van der Waals surface area contributed by atoms with Gasteiger partial charge in [-0.3, -0.25) is 0 Å². The molecule has 3 rings (SSSR count). The van der Waals surface area contributed by atoms with Crippen molar-refractivity contribution in [1.29, 1.82) is 0 Å². The Bertz CT molecular complexity index is 610. The molecule has 6 heteroatoms. The Morgan fingerprint density at radius 2 is 2.37 bits per heavy atom. The molecule has 2 aromatic rings. The summed E-state index contributed by atoms with van der Waals surface area (Å²) in [4.78, 5) is 0. The standard InChI is InChI=1S/C13H14BrN3O2/c1-8(18)12-7-17(16-15-12)6-10-5-11(14)4-9-2-3-19-13(9)10/h4-5,7-8,18H,2-3,6H2,1H3. The number of fused-ring (bicyclic) bond motifs is 1. The van der Waals surface area contributed by atoms with Gasteiger partial charge in [-0.2, -0.15) is 0 Å². The molecule has 1 aromatic heterocycles. The van der Waals surface area contributed by atoms with Crippen LogP contribution in [0, 0.1) is 0 Å². The summed E-state index contributed by atoms with van der Waals surface area (Å²) in [5.41, 5.74) is 2.87. The summed E-state index contributed by atoms with van der Waals surface area (Å²) in [6.45, 7) is 2.99. The number of halogens is 1. The van der Waals surface area contributed by atoms with Gasteiger partial charge in [-0.15, -0.1) is 5.10 Å². The van der Waals surface area contributed by atoms with Crippen LogP contribution in [0.25, 0.3) is 0 Å². The third kappa shape index (κ3) is 2.50. The number of aromatic nitrogens is 3. The lowest BCUT2D eigenvalue weighted by Gasteiger charge is -2.08. The maximum absolute atomic E-state index is 9.45. The second-order valence-corrected chi connectivity index (χ2v) is 5.58. The van der Waals surface area contributed by atoms with E-state index in [4.69, 9.17) is 4.74 Å². The summed E-state index contributed by atoms with van der Waals surface area (Å²) in [6.07, 6.45) is 2.10. The molecule has 1 aliphatic rings. The maximum Gasteiger partial charge on any atom is 0.127 e. The highest BCUT2D eigenvalue weighted by atomic mass is 79.9. The Labute approximate surface area is 119 Å². The number of benzene rings is 1. The second kappa shape index (κ2) is 4.94. The molecule has 100 valence electrons. The summed E-state index contributed by atoms with van der Waals surface area (Å²) in [5, 5.41) is 17.4. The fraction of sp³-hybridized carbons (Fsp3) is 0.385. The van der Waals surface area contributed by atoms with E-state index in [1.807, 2.05) is 6.07 Å². The molecule has 1 N–H and O–H groups in total. The number of ether oxygens (including phenoxy) is 1. The van der Waals surface area contributed by atoms with E-state index in [-0.39, 0.29) is 0 Å². The number of hydrogen-bond acceptors (Lipinski definition) is 4. The number of aliphatic hydroxyl groups is 1. The molecule has 0 radical (unpaired) electrons. The molecular formula is C13H14BrN3O2. The van der Waals surface area contributed by atoms with Crippen molar-refractivity contribution in [2.45, 2.75) is 26.0 Å². The average molecular weight is 324 g/mol. The van der Waals surface area contributed by atoms with Crippen LogP contribution in [0.3, 0.4) is 0 Å². The van der Waals surface area contributed by atoms with Crippen LogP contribution >= 0.6 is 15.9 Å². The highest BCUT2D eigenvalue weighted by Crippen LogP contribution is 2.33. The van der Waals surface area contributed by atoms with Crippen molar-refractivity contribution in [3.63, 3.8) is 0 Å². The maximum atomic E-state index is 9.45. The Kier molecular flexibility index (Phi) is 3.28. The van der Waals surface area contributed by atoms with Gasteiger partial charge in [-0.05, 0) is 24.6 Å². The van der Waals surface area contributed by atoms with Gasteiger partial charge in [0.25, 0.3) is 0 Å². The minimum absolute atomic E-state index is 0.576. The molecule has 0 amide bonds. The van der Waals surface area contributed by atoms with Crippen LogP contribution in [-0.4, -0.2) is 26.7 Å². The first-order chi connectivity index (χ1) is 9.13. The van der Waals surface area contributed by atoms with E-state index in [2.05, 4.69) is 32.3 Å². The number of nitrogens with zero attached hydrogens (tertiary/aromatic N) is 3. The van der Waals surface area contributed by atoms with Gasteiger partial charge in [0, 0.05) is 16.5 Å². The van der Waals surface area contributed by atoms with Crippen molar-refractivity contribution in [3.8, 4) is 5.75 Å². The van der Waals surface area contributed by atoms with Gasteiger partial charge in [0.15, 0.2) is 0 Å². The van der Waals surface area contributed by atoms with Gasteiger partial charge in [0.2, 0.25) is 0 Å². The zero-order valence-electron chi connectivity index (χ0n) is 10.5. The molecule has 1 unspecified atom stereocenters. The van der Waals surface area contributed by atoms with Crippen molar-refractivity contribution >= 4 is 15.9 Å². The molecule has 0 bridgehead atoms. The number of hydrogen-bond donors (Lipinski definition) is 1. The predicted molar refractivity (Wildman–Crippen MR) is 73.1 cm³/mol. The van der Waals surface area contributed by atoms with Crippen LogP contribution in [0.2, 0.25) is 0 Å². The van der Waals surface area contributed by atoms with Gasteiger partial charge in [-0.1, -0.05) is 21.1 Å². The molecule has 5 nitrogen and oxygen atoms in total. The monoisotopic (exact) mass is 323 g/mol. The second-order valence-electron chi connectivity index (χ2n) is 4.67. The zero-order chi connectivity index (χ0) is 13.4. The molecule has 0 saturated carbocycles. The first-order valence-electron chi connectivity index (χ1n) is 6.15. The van der Waals surface area contributed by atoms with Crippen LogP contribution in [0.15, 0.2) is 22.8 Å². The molecule has 1 aromatic carbocycles. The largest absolute Gasteiger partial charge is 0.493 e. The van der Waals surface area contributed by atoms with E-state index < -0.39 is 6.10 Å². The van der Waals surface area contributed by atoms with E-state index in [0.29, 0.717) is 12.2 Å². The summed E-state index contributed by atoms with van der Waals surface area (Å²) >= 11 is 3.52. The minimum atomic E-state index is -0.599. The van der Waals surface area contributed by atoms with Crippen molar-refractivity contribution in [3.05, 3.63) is 39.6 Å².